The maximum absolute atomic E-state index is 11.8. The fourth-order valence-corrected chi connectivity index (χ4v) is 18.0. The van der Waals surface area contributed by atoms with Crippen molar-refractivity contribution >= 4 is 25.9 Å². The van der Waals surface area contributed by atoms with Crippen LogP contribution in [-0.2, 0) is 8.23 Å². The molecule has 0 spiro atoms. The Kier molecular flexibility index (Phi) is 4.51. The van der Waals surface area contributed by atoms with Gasteiger partial charge in [0.15, 0.2) is 9.04 Å². The third-order valence-corrected chi connectivity index (χ3v) is 17.2. The normalized spacial score (nSPS) is 38.0. The van der Waals surface area contributed by atoms with Gasteiger partial charge in [-0.25, -0.2) is 0 Å². The molecule has 0 aromatic rings. The molecule has 3 atom stereocenters. The summed E-state index contributed by atoms with van der Waals surface area (Å²) in [5.41, 5.74) is 0.170. The third-order valence-electron chi connectivity index (χ3n) is 6.84. The van der Waals surface area contributed by atoms with E-state index in [1.807, 2.05) is 0 Å². The quantitative estimate of drug-likeness (QED) is 0.744. The van der Waals surface area contributed by atoms with E-state index in [0.717, 1.165) is 12.8 Å². The zero-order valence-electron chi connectivity index (χ0n) is 16.0. The Bertz CT molecular complexity index is 450. The number of hydrogen-bond donors (Lipinski definition) is 1. The summed E-state index contributed by atoms with van der Waals surface area (Å²) in [6.45, 7) is 20.0. The monoisotopic (exact) mass is 359 g/mol. The molecule has 0 amide bonds. The summed E-state index contributed by atoms with van der Waals surface area (Å²) in [6.07, 6.45) is 3.29. The van der Waals surface area contributed by atoms with Gasteiger partial charge in [0.2, 0.25) is 8.32 Å². The molecule has 3 nitrogen and oxygen atoms in total. The van der Waals surface area contributed by atoms with E-state index in [0.29, 0.717) is 5.92 Å². The van der Waals surface area contributed by atoms with Gasteiger partial charge in [0.25, 0.3) is 0 Å². The Labute approximate surface area is 140 Å². The van der Waals surface area contributed by atoms with Gasteiger partial charge in [0.1, 0.15) is 0 Å². The standard InChI is InChI=1S/C16H35O3Si3/c1-14(2)13-10-11-15(14,3)16(17,12-13)21(6,7)19-22(8,9)18-20(4)5/h13,17H,10-12H2,1-9H3. The molecule has 2 bridgehead atoms. The fraction of sp³-hybridized carbons (Fsp3) is 1.00. The lowest BCUT2D eigenvalue weighted by molar-refractivity contribution is -0.0420. The van der Waals surface area contributed by atoms with Crippen molar-refractivity contribution < 1.29 is 13.3 Å². The van der Waals surface area contributed by atoms with Crippen LogP contribution >= 0.6 is 0 Å². The van der Waals surface area contributed by atoms with Crippen molar-refractivity contribution in [3.05, 3.63) is 0 Å². The predicted molar refractivity (Wildman–Crippen MR) is 98.8 cm³/mol. The molecule has 1 N–H and O–H groups in total. The first-order valence-electron chi connectivity index (χ1n) is 8.60. The van der Waals surface area contributed by atoms with E-state index in [2.05, 4.69) is 60.1 Å². The van der Waals surface area contributed by atoms with Gasteiger partial charge in [-0.1, -0.05) is 20.8 Å². The van der Waals surface area contributed by atoms with Crippen LogP contribution in [0, 0.1) is 16.7 Å². The highest BCUT2D eigenvalue weighted by atomic mass is 28.5. The van der Waals surface area contributed by atoms with Gasteiger partial charge in [-0.2, -0.15) is 0 Å². The maximum Gasteiger partial charge on any atom is 0.311 e. The van der Waals surface area contributed by atoms with E-state index in [4.69, 9.17) is 8.23 Å². The minimum Gasteiger partial charge on any atom is -0.437 e. The molecule has 2 fully saturated rings. The lowest BCUT2D eigenvalue weighted by atomic mass is 9.69. The molecule has 129 valence electrons. The van der Waals surface area contributed by atoms with E-state index in [9.17, 15) is 5.11 Å². The number of fused-ring (bicyclic) bond motifs is 2. The minimum absolute atomic E-state index is 0.0307. The van der Waals surface area contributed by atoms with Gasteiger partial charge in [-0.05, 0) is 69.9 Å². The minimum atomic E-state index is -2.30. The van der Waals surface area contributed by atoms with Gasteiger partial charge >= 0.3 is 8.56 Å². The highest BCUT2D eigenvalue weighted by Crippen LogP contribution is 2.71. The Morgan fingerprint density at radius 1 is 1.09 bits per heavy atom. The zero-order chi connectivity index (χ0) is 17.2. The molecule has 3 unspecified atom stereocenters. The van der Waals surface area contributed by atoms with Crippen molar-refractivity contribution in [3.8, 4) is 0 Å². The summed E-state index contributed by atoms with van der Waals surface area (Å²) < 4.78 is 12.9. The number of rotatable bonds is 5. The average molecular weight is 360 g/mol. The van der Waals surface area contributed by atoms with E-state index >= 15 is 0 Å². The van der Waals surface area contributed by atoms with Crippen molar-refractivity contribution in [2.24, 2.45) is 16.7 Å². The maximum atomic E-state index is 11.8. The Morgan fingerprint density at radius 2 is 1.64 bits per heavy atom. The number of hydrogen-bond acceptors (Lipinski definition) is 3. The van der Waals surface area contributed by atoms with Crippen LogP contribution in [0.3, 0.4) is 0 Å². The van der Waals surface area contributed by atoms with Crippen LogP contribution in [0.25, 0.3) is 0 Å². The van der Waals surface area contributed by atoms with Crippen LogP contribution in [-0.4, -0.2) is 36.2 Å². The summed E-state index contributed by atoms with van der Waals surface area (Å²) in [5.74, 6) is 0.626. The fourth-order valence-electron chi connectivity index (χ4n) is 5.40. The molecule has 0 saturated heterocycles. The molecule has 2 aliphatic rings. The molecule has 0 aromatic heterocycles. The largest absolute Gasteiger partial charge is 0.437 e. The van der Waals surface area contributed by atoms with E-state index in [-0.39, 0.29) is 10.8 Å². The molecule has 0 aromatic carbocycles. The van der Waals surface area contributed by atoms with Crippen molar-refractivity contribution in [1.82, 2.24) is 0 Å². The zero-order valence-corrected chi connectivity index (χ0v) is 19.0. The van der Waals surface area contributed by atoms with Gasteiger partial charge in [0, 0.05) is 5.41 Å². The van der Waals surface area contributed by atoms with Crippen molar-refractivity contribution in [3.63, 3.8) is 0 Å². The smallest absolute Gasteiger partial charge is 0.311 e. The average Bonchev–Trinajstić information content (AvgIpc) is 2.57. The topological polar surface area (TPSA) is 38.7 Å². The highest BCUT2D eigenvalue weighted by molar-refractivity contribution is 6.86. The van der Waals surface area contributed by atoms with Gasteiger partial charge in [0.05, 0.1) is 5.22 Å². The summed E-state index contributed by atoms with van der Waals surface area (Å²) in [6, 6.07) is 0. The Balaban J connectivity index is 2.30. The molecule has 0 heterocycles. The van der Waals surface area contributed by atoms with Crippen molar-refractivity contribution in [1.29, 1.82) is 0 Å². The molecule has 2 aliphatic carbocycles. The first-order chi connectivity index (χ1) is 9.69. The first-order valence-corrected chi connectivity index (χ1v) is 16.7. The Hall–Kier alpha value is 0.531. The lowest BCUT2D eigenvalue weighted by Crippen LogP contribution is -2.68. The first kappa shape index (κ1) is 18.9. The second-order valence-corrected chi connectivity index (χ2v) is 19.5. The molecule has 1 radical (unpaired) electrons. The van der Waals surface area contributed by atoms with Gasteiger partial charge in [-0.15, -0.1) is 0 Å². The van der Waals surface area contributed by atoms with E-state index < -0.39 is 31.1 Å². The molecule has 6 heteroatoms. The highest BCUT2D eigenvalue weighted by Gasteiger charge is 2.74. The molecular formula is C16H35O3Si3. The van der Waals surface area contributed by atoms with Gasteiger partial charge < -0.3 is 13.3 Å². The summed E-state index contributed by atoms with van der Waals surface area (Å²) in [7, 11) is -5.26. The summed E-state index contributed by atoms with van der Waals surface area (Å²) in [4.78, 5) is 0. The number of aliphatic hydroxyl groups is 1. The van der Waals surface area contributed by atoms with Crippen LogP contribution < -0.4 is 0 Å². The second kappa shape index (κ2) is 5.26. The van der Waals surface area contributed by atoms with Crippen LogP contribution in [0.2, 0.25) is 39.3 Å². The predicted octanol–water partition coefficient (Wildman–Crippen LogP) is 4.29. The van der Waals surface area contributed by atoms with Crippen molar-refractivity contribution in [2.45, 2.75) is 84.5 Å². The van der Waals surface area contributed by atoms with Crippen LogP contribution in [0.4, 0.5) is 0 Å². The molecule has 2 rings (SSSR count). The van der Waals surface area contributed by atoms with Crippen LogP contribution in [0.1, 0.15) is 40.0 Å². The SMILES string of the molecule is C[Si](C)O[Si](C)(C)O[Si](C)(C)C1(O)CC2CCC1(C)C2(C)C. The van der Waals surface area contributed by atoms with Crippen LogP contribution in [0.15, 0.2) is 0 Å². The third kappa shape index (κ3) is 2.54. The molecular weight excluding hydrogens is 324 g/mol. The lowest BCUT2D eigenvalue weighted by Gasteiger charge is -2.53. The molecule has 0 aliphatic heterocycles. The van der Waals surface area contributed by atoms with Gasteiger partial charge in [-0.3, -0.25) is 0 Å². The summed E-state index contributed by atoms with van der Waals surface area (Å²) >= 11 is 0. The van der Waals surface area contributed by atoms with Crippen LogP contribution in [0.5, 0.6) is 0 Å². The van der Waals surface area contributed by atoms with Crippen molar-refractivity contribution in [2.75, 3.05) is 0 Å². The summed E-state index contributed by atoms with van der Waals surface area (Å²) in [5, 5.41) is 11.2. The molecule has 2 saturated carbocycles. The molecule has 22 heavy (non-hydrogen) atoms. The van der Waals surface area contributed by atoms with E-state index in [1.54, 1.807) is 0 Å². The van der Waals surface area contributed by atoms with E-state index in [1.165, 1.54) is 6.42 Å². The Morgan fingerprint density at radius 3 is 2.00 bits per heavy atom. The second-order valence-electron chi connectivity index (χ2n) is 9.38.